The first kappa shape index (κ1) is 6.62. The zero-order valence-corrected chi connectivity index (χ0v) is 5.74. The van der Waals surface area contributed by atoms with Crippen LogP contribution in [0.3, 0.4) is 0 Å². The van der Waals surface area contributed by atoms with E-state index in [0.717, 1.165) is 5.56 Å². The molecule has 0 atom stereocenters. The highest BCUT2D eigenvalue weighted by Crippen LogP contribution is 2.04. The summed E-state index contributed by atoms with van der Waals surface area (Å²) in [6.45, 7) is 0. The van der Waals surface area contributed by atoms with E-state index in [1.165, 1.54) is 12.1 Å². The summed E-state index contributed by atoms with van der Waals surface area (Å²) in [5.41, 5.74) is 1.04. The minimum Gasteiger partial charge on any atom is -0.207 e. The predicted octanol–water partition coefficient (Wildman–Crippen LogP) is 2.26. The molecular weight excluding hydrogens is 134 g/mol. The van der Waals surface area contributed by atoms with Crippen LogP contribution in [0.5, 0.6) is 0 Å². The zero-order valence-electron chi connectivity index (χ0n) is 4.84. The van der Waals surface area contributed by atoms with Crippen LogP contribution in [0.2, 0.25) is 0 Å². The fraction of sp³-hybridized carbons (Fsp3) is 0.143. The van der Waals surface area contributed by atoms with Crippen LogP contribution in [0.15, 0.2) is 24.3 Å². The van der Waals surface area contributed by atoms with Gasteiger partial charge in [0.15, 0.2) is 0 Å². The van der Waals surface area contributed by atoms with Crippen LogP contribution in [0.25, 0.3) is 0 Å². The van der Waals surface area contributed by atoms with Gasteiger partial charge in [0, 0.05) is 5.75 Å². The highest BCUT2D eigenvalue weighted by molar-refractivity contribution is 7.79. The highest BCUT2D eigenvalue weighted by atomic mass is 32.1. The van der Waals surface area contributed by atoms with Crippen molar-refractivity contribution in [2.45, 2.75) is 5.75 Å². The minimum absolute atomic E-state index is 0.194. The van der Waals surface area contributed by atoms with E-state index in [9.17, 15) is 4.39 Å². The smallest absolute Gasteiger partial charge is 0.123 e. The van der Waals surface area contributed by atoms with Crippen molar-refractivity contribution in [2.75, 3.05) is 0 Å². The Hall–Kier alpha value is -0.500. The lowest BCUT2D eigenvalue weighted by Crippen LogP contribution is -1.76. The third kappa shape index (κ3) is 1.72. The molecule has 0 heterocycles. The molecule has 2 heteroatoms. The number of halogens is 1. The Morgan fingerprint density at radius 1 is 1.22 bits per heavy atom. The SMILES string of the molecule is [18F]c1ccc(CS)cc1. The maximum absolute atomic E-state index is 12.2. The lowest BCUT2D eigenvalue weighted by atomic mass is 10.2. The van der Waals surface area contributed by atoms with Crippen molar-refractivity contribution < 1.29 is 4.39 Å². The van der Waals surface area contributed by atoms with Crippen LogP contribution in [0.4, 0.5) is 4.39 Å². The first-order valence-corrected chi connectivity index (χ1v) is 3.31. The summed E-state index contributed by atoms with van der Waals surface area (Å²) in [5, 5.41) is 0. The fourth-order valence-corrected chi connectivity index (χ4v) is 0.801. The van der Waals surface area contributed by atoms with E-state index < -0.39 is 0 Å². The van der Waals surface area contributed by atoms with E-state index in [2.05, 4.69) is 12.6 Å². The molecule has 0 amide bonds. The van der Waals surface area contributed by atoms with Crippen molar-refractivity contribution >= 4 is 12.6 Å². The fourth-order valence-electron chi connectivity index (χ4n) is 0.590. The summed E-state index contributed by atoms with van der Waals surface area (Å²) in [6.07, 6.45) is 0. The van der Waals surface area contributed by atoms with Gasteiger partial charge in [0.05, 0.1) is 0 Å². The zero-order chi connectivity index (χ0) is 6.69. The maximum atomic E-state index is 12.2. The van der Waals surface area contributed by atoms with E-state index >= 15 is 0 Å². The standard InChI is InChI=1S/C7H7FS/c8-7-3-1-6(5-9)2-4-7/h1-4,9H,5H2/i8-1. The molecule has 0 saturated carbocycles. The molecule has 0 N–H and O–H groups in total. The molecule has 0 nitrogen and oxygen atoms in total. The molecular formula is C7H7FS. The van der Waals surface area contributed by atoms with Crippen molar-refractivity contribution in [2.24, 2.45) is 0 Å². The van der Waals surface area contributed by atoms with Crippen molar-refractivity contribution in [1.29, 1.82) is 0 Å². The van der Waals surface area contributed by atoms with E-state index in [0.29, 0.717) is 5.75 Å². The molecule has 0 bridgehead atoms. The summed E-state index contributed by atoms with van der Waals surface area (Å²) in [7, 11) is 0. The van der Waals surface area contributed by atoms with Crippen molar-refractivity contribution in [3.8, 4) is 0 Å². The normalized spacial score (nSPS) is 9.56. The van der Waals surface area contributed by atoms with Gasteiger partial charge < -0.3 is 0 Å². The molecule has 48 valence electrons. The third-order valence-electron chi connectivity index (χ3n) is 1.10. The summed E-state index contributed by atoms with van der Waals surface area (Å²) in [5.74, 6) is 0.473. The second-order valence-corrected chi connectivity index (χ2v) is 2.10. The molecule has 0 saturated heterocycles. The van der Waals surface area contributed by atoms with Gasteiger partial charge in [0.25, 0.3) is 0 Å². The maximum Gasteiger partial charge on any atom is 0.123 e. The number of hydrogen-bond donors (Lipinski definition) is 1. The van der Waals surface area contributed by atoms with E-state index in [4.69, 9.17) is 0 Å². The molecule has 0 aliphatic rings. The summed E-state index contributed by atoms with van der Waals surface area (Å²) < 4.78 is 12.2. The van der Waals surface area contributed by atoms with Crippen molar-refractivity contribution in [1.82, 2.24) is 0 Å². The van der Waals surface area contributed by atoms with Gasteiger partial charge in [0.1, 0.15) is 5.82 Å². The van der Waals surface area contributed by atoms with Crippen LogP contribution in [0.1, 0.15) is 5.56 Å². The molecule has 0 aromatic heterocycles. The average Bonchev–Trinajstić information content (AvgIpc) is 1.90. The molecule has 0 unspecified atom stereocenters. The Bertz CT molecular complexity index is 181. The quantitative estimate of drug-likeness (QED) is 0.570. The lowest BCUT2D eigenvalue weighted by molar-refractivity contribution is 0.627. The van der Waals surface area contributed by atoms with Crippen LogP contribution >= 0.6 is 12.6 Å². The Kier molecular flexibility index (Phi) is 2.11. The topological polar surface area (TPSA) is 0 Å². The van der Waals surface area contributed by atoms with Crippen LogP contribution < -0.4 is 0 Å². The third-order valence-corrected chi connectivity index (χ3v) is 1.46. The molecule has 1 aromatic carbocycles. The van der Waals surface area contributed by atoms with Crippen LogP contribution in [-0.2, 0) is 5.75 Å². The van der Waals surface area contributed by atoms with E-state index in [-0.39, 0.29) is 5.82 Å². The number of hydrogen-bond acceptors (Lipinski definition) is 1. The van der Waals surface area contributed by atoms with Gasteiger partial charge in [-0.3, -0.25) is 0 Å². The van der Waals surface area contributed by atoms with Gasteiger partial charge in [-0.15, -0.1) is 0 Å². The first-order chi connectivity index (χ1) is 4.33. The van der Waals surface area contributed by atoms with E-state index in [1.54, 1.807) is 12.1 Å². The van der Waals surface area contributed by atoms with Gasteiger partial charge in [-0.05, 0) is 17.7 Å². The number of benzene rings is 1. The molecule has 1 aromatic rings. The second kappa shape index (κ2) is 2.87. The summed E-state index contributed by atoms with van der Waals surface area (Å²) >= 11 is 4.02. The van der Waals surface area contributed by atoms with Gasteiger partial charge >= 0.3 is 0 Å². The van der Waals surface area contributed by atoms with Crippen LogP contribution in [-0.4, -0.2) is 0 Å². The predicted molar refractivity (Wildman–Crippen MR) is 39.1 cm³/mol. The van der Waals surface area contributed by atoms with Gasteiger partial charge in [-0.25, -0.2) is 4.39 Å². The molecule has 9 heavy (non-hydrogen) atoms. The minimum atomic E-state index is -0.194. The molecule has 0 fully saturated rings. The average molecular weight is 141 g/mol. The monoisotopic (exact) mass is 141 g/mol. The molecule has 1 rings (SSSR count). The Balaban J connectivity index is 2.88. The molecule has 0 radical (unpaired) electrons. The highest BCUT2D eigenvalue weighted by Gasteiger charge is 1.88. The van der Waals surface area contributed by atoms with E-state index in [1.807, 2.05) is 0 Å². The largest absolute Gasteiger partial charge is 0.207 e. The first-order valence-electron chi connectivity index (χ1n) is 2.68. The Morgan fingerprint density at radius 3 is 2.22 bits per heavy atom. The second-order valence-electron chi connectivity index (χ2n) is 1.78. The Labute approximate surface area is 59.1 Å². The van der Waals surface area contributed by atoms with Crippen molar-refractivity contribution in [3.05, 3.63) is 35.6 Å². The molecule has 0 aliphatic carbocycles. The number of rotatable bonds is 1. The number of thiol groups is 1. The van der Waals surface area contributed by atoms with Crippen LogP contribution in [0, 0.1) is 5.82 Å². The van der Waals surface area contributed by atoms with Gasteiger partial charge in [-0.2, -0.15) is 12.6 Å². The van der Waals surface area contributed by atoms with Gasteiger partial charge in [-0.1, -0.05) is 12.1 Å². The molecule has 0 spiro atoms. The van der Waals surface area contributed by atoms with Gasteiger partial charge in [0.2, 0.25) is 0 Å². The summed E-state index contributed by atoms with van der Waals surface area (Å²) in [6, 6.07) is 6.32. The summed E-state index contributed by atoms with van der Waals surface area (Å²) in [4.78, 5) is 0. The molecule has 0 aliphatic heterocycles. The lowest BCUT2D eigenvalue weighted by Gasteiger charge is -1.91. The Morgan fingerprint density at radius 2 is 1.78 bits per heavy atom. The van der Waals surface area contributed by atoms with Crippen molar-refractivity contribution in [3.63, 3.8) is 0 Å².